The summed E-state index contributed by atoms with van der Waals surface area (Å²) in [6, 6.07) is 0. The lowest BCUT2D eigenvalue weighted by molar-refractivity contribution is 0.0575. The third kappa shape index (κ3) is 4.58. The molecular formula is C10H20N2O2. The maximum Gasteiger partial charge on any atom is 0.129 e. The van der Waals surface area contributed by atoms with Crippen LogP contribution < -0.4 is 0 Å². The highest BCUT2D eigenvalue weighted by molar-refractivity contribution is 5.78. The molecule has 0 aliphatic carbocycles. The lowest BCUT2D eigenvalue weighted by Gasteiger charge is -2.28. The van der Waals surface area contributed by atoms with E-state index in [4.69, 9.17) is 4.84 Å². The van der Waals surface area contributed by atoms with Gasteiger partial charge in [0.05, 0.1) is 11.8 Å². The quantitative estimate of drug-likeness (QED) is 0.416. The molecule has 0 saturated carbocycles. The van der Waals surface area contributed by atoms with Gasteiger partial charge in [-0.15, -0.1) is 0 Å². The molecule has 0 spiro atoms. The summed E-state index contributed by atoms with van der Waals surface area (Å²) in [6.45, 7) is 7.32. The first kappa shape index (κ1) is 11.5. The Kier molecular flexibility index (Phi) is 4.90. The normalized spacial score (nSPS) is 19.4. The first-order chi connectivity index (χ1) is 6.68. The monoisotopic (exact) mass is 200 g/mol. The average Bonchev–Trinajstić information content (AvgIpc) is 2.15. The standard InChI is InChI=1S/C10H20N2O2/c1-9(2)11-14-8-7-12-5-3-10(13)4-6-12/h10,13H,3-8H2,1-2H3. The van der Waals surface area contributed by atoms with Gasteiger partial charge in [0.1, 0.15) is 6.61 Å². The molecule has 1 heterocycles. The predicted octanol–water partition coefficient (Wildman–Crippen LogP) is 0.855. The summed E-state index contributed by atoms with van der Waals surface area (Å²) < 4.78 is 0. The first-order valence-electron chi connectivity index (χ1n) is 5.22. The van der Waals surface area contributed by atoms with Crippen LogP contribution in [0.5, 0.6) is 0 Å². The van der Waals surface area contributed by atoms with Gasteiger partial charge in [0, 0.05) is 19.6 Å². The number of oxime groups is 1. The average molecular weight is 200 g/mol. The molecule has 0 amide bonds. The molecule has 82 valence electrons. The van der Waals surface area contributed by atoms with Crippen molar-refractivity contribution in [2.75, 3.05) is 26.2 Å². The van der Waals surface area contributed by atoms with Crippen LogP contribution >= 0.6 is 0 Å². The van der Waals surface area contributed by atoms with Crippen LogP contribution in [-0.2, 0) is 4.84 Å². The van der Waals surface area contributed by atoms with Crippen LogP contribution in [-0.4, -0.2) is 48.1 Å². The first-order valence-corrected chi connectivity index (χ1v) is 5.22. The van der Waals surface area contributed by atoms with Gasteiger partial charge >= 0.3 is 0 Å². The Balaban J connectivity index is 2.05. The van der Waals surface area contributed by atoms with Crippen LogP contribution in [0.15, 0.2) is 5.16 Å². The topological polar surface area (TPSA) is 45.1 Å². The van der Waals surface area contributed by atoms with E-state index in [1.807, 2.05) is 13.8 Å². The number of hydrogen-bond donors (Lipinski definition) is 1. The van der Waals surface area contributed by atoms with Crippen LogP contribution in [0.25, 0.3) is 0 Å². The van der Waals surface area contributed by atoms with Gasteiger partial charge < -0.3 is 9.94 Å². The molecule has 0 radical (unpaired) electrons. The highest BCUT2D eigenvalue weighted by atomic mass is 16.6. The smallest absolute Gasteiger partial charge is 0.129 e. The molecule has 0 aromatic heterocycles. The summed E-state index contributed by atoms with van der Waals surface area (Å²) in [7, 11) is 0. The van der Waals surface area contributed by atoms with Crippen molar-refractivity contribution in [1.29, 1.82) is 0 Å². The van der Waals surface area contributed by atoms with Crippen molar-refractivity contribution in [3.8, 4) is 0 Å². The summed E-state index contributed by atoms with van der Waals surface area (Å²) in [6.07, 6.45) is 1.68. The van der Waals surface area contributed by atoms with E-state index in [1.54, 1.807) is 0 Å². The van der Waals surface area contributed by atoms with E-state index >= 15 is 0 Å². The van der Waals surface area contributed by atoms with E-state index in [1.165, 1.54) is 0 Å². The molecule has 1 aliphatic rings. The Morgan fingerprint density at radius 1 is 1.43 bits per heavy atom. The van der Waals surface area contributed by atoms with Gasteiger partial charge in [0.15, 0.2) is 0 Å². The fraction of sp³-hybridized carbons (Fsp3) is 0.900. The van der Waals surface area contributed by atoms with Crippen LogP contribution in [0.2, 0.25) is 0 Å². The van der Waals surface area contributed by atoms with Gasteiger partial charge in [-0.25, -0.2) is 0 Å². The molecule has 14 heavy (non-hydrogen) atoms. The van der Waals surface area contributed by atoms with Gasteiger partial charge in [0.2, 0.25) is 0 Å². The summed E-state index contributed by atoms with van der Waals surface area (Å²) in [5.74, 6) is 0. The maximum atomic E-state index is 9.29. The van der Waals surface area contributed by atoms with Crippen LogP contribution in [0.3, 0.4) is 0 Å². The zero-order valence-electron chi connectivity index (χ0n) is 9.07. The number of piperidine rings is 1. The third-order valence-electron chi connectivity index (χ3n) is 2.30. The van der Waals surface area contributed by atoms with Crippen molar-refractivity contribution in [2.45, 2.75) is 32.8 Å². The van der Waals surface area contributed by atoms with Crippen LogP contribution in [0, 0.1) is 0 Å². The van der Waals surface area contributed by atoms with E-state index in [0.29, 0.717) is 6.61 Å². The summed E-state index contributed by atoms with van der Waals surface area (Å²) in [4.78, 5) is 7.41. The summed E-state index contributed by atoms with van der Waals surface area (Å²) in [5, 5.41) is 13.2. The second-order valence-corrected chi connectivity index (χ2v) is 3.94. The lowest BCUT2D eigenvalue weighted by atomic mass is 10.1. The van der Waals surface area contributed by atoms with Gasteiger partial charge in [0.25, 0.3) is 0 Å². The van der Waals surface area contributed by atoms with E-state index < -0.39 is 0 Å². The number of nitrogens with zero attached hydrogens (tertiary/aromatic N) is 2. The van der Waals surface area contributed by atoms with Crippen molar-refractivity contribution in [2.24, 2.45) is 5.16 Å². The van der Waals surface area contributed by atoms with Crippen LogP contribution in [0.1, 0.15) is 26.7 Å². The van der Waals surface area contributed by atoms with E-state index in [0.717, 1.165) is 38.2 Å². The zero-order chi connectivity index (χ0) is 10.4. The second kappa shape index (κ2) is 5.98. The van der Waals surface area contributed by atoms with Crippen molar-refractivity contribution in [1.82, 2.24) is 4.90 Å². The van der Waals surface area contributed by atoms with E-state index in [2.05, 4.69) is 10.1 Å². The fourth-order valence-electron chi connectivity index (χ4n) is 1.49. The van der Waals surface area contributed by atoms with E-state index in [-0.39, 0.29) is 6.10 Å². The second-order valence-electron chi connectivity index (χ2n) is 3.94. The number of likely N-dealkylation sites (tertiary alicyclic amines) is 1. The molecule has 1 rings (SSSR count). The number of hydrogen-bond acceptors (Lipinski definition) is 4. The number of aliphatic hydroxyl groups is 1. The molecule has 4 nitrogen and oxygen atoms in total. The Morgan fingerprint density at radius 3 is 2.64 bits per heavy atom. The Labute approximate surface area is 85.5 Å². The Hall–Kier alpha value is -0.610. The van der Waals surface area contributed by atoms with Gasteiger partial charge in [-0.3, -0.25) is 4.90 Å². The van der Waals surface area contributed by atoms with Crippen molar-refractivity contribution in [3.05, 3.63) is 0 Å². The minimum atomic E-state index is -0.0944. The number of aliphatic hydroxyl groups excluding tert-OH is 1. The molecule has 1 saturated heterocycles. The highest BCUT2D eigenvalue weighted by Crippen LogP contribution is 2.08. The van der Waals surface area contributed by atoms with Crippen molar-refractivity contribution >= 4 is 5.71 Å². The molecular weight excluding hydrogens is 180 g/mol. The third-order valence-corrected chi connectivity index (χ3v) is 2.30. The Morgan fingerprint density at radius 2 is 2.07 bits per heavy atom. The van der Waals surface area contributed by atoms with Gasteiger partial charge in [-0.2, -0.15) is 0 Å². The zero-order valence-corrected chi connectivity index (χ0v) is 9.07. The lowest BCUT2D eigenvalue weighted by Crippen LogP contribution is -2.37. The molecule has 0 aromatic rings. The van der Waals surface area contributed by atoms with Crippen LogP contribution in [0.4, 0.5) is 0 Å². The molecule has 0 unspecified atom stereocenters. The van der Waals surface area contributed by atoms with Gasteiger partial charge in [-0.05, 0) is 26.7 Å². The minimum Gasteiger partial charge on any atom is -0.395 e. The largest absolute Gasteiger partial charge is 0.395 e. The fourth-order valence-corrected chi connectivity index (χ4v) is 1.49. The Bertz CT molecular complexity index is 183. The SMILES string of the molecule is CC(C)=NOCCN1CCC(O)CC1. The van der Waals surface area contributed by atoms with Crippen molar-refractivity contribution < 1.29 is 9.94 Å². The molecule has 4 heteroatoms. The molecule has 1 N–H and O–H groups in total. The molecule has 1 aliphatic heterocycles. The molecule has 0 bridgehead atoms. The number of rotatable bonds is 4. The molecule has 1 fully saturated rings. The summed E-state index contributed by atoms with van der Waals surface area (Å²) in [5.41, 5.74) is 0.944. The summed E-state index contributed by atoms with van der Waals surface area (Å²) >= 11 is 0. The minimum absolute atomic E-state index is 0.0944. The molecule has 0 aromatic carbocycles. The predicted molar refractivity (Wildman–Crippen MR) is 56.4 cm³/mol. The van der Waals surface area contributed by atoms with E-state index in [9.17, 15) is 5.11 Å². The maximum absolute atomic E-state index is 9.29. The van der Waals surface area contributed by atoms with Gasteiger partial charge in [-0.1, -0.05) is 5.16 Å². The highest BCUT2D eigenvalue weighted by Gasteiger charge is 2.16. The van der Waals surface area contributed by atoms with Crippen molar-refractivity contribution in [3.63, 3.8) is 0 Å². The molecule has 0 atom stereocenters.